The normalized spacial score (nSPS) is 15.4. The van der Waals surface area contributed by atoms with E-state index in [4.69, 9.17) is 11.6 Å². The summed E-state index contributed by atoms with van der Waals surface area (Å²) in [6.07, 6.45) is 0. The number of nitrogens with one attached hydrogen (secondary N) is 2. The van der Waals surface area contributed by atoms with Crippen LogP contribution < -0.4 is 10.2 Å². The van der Waals surface area contributed by atoms with Crippen molar-refractivity contribution in [2.24, 2.45) is 0 Å². The van der Waals surface area contributed by atoms with E-state index in [1.54, 1.807) is 12.1 Å². The summed E-state index contributed by atoms with van der Waals surface area (Å²) in [6.45, 7) is 4.50. The Hall–Kier alpha value is -2.04. The second-order valence-electron chi connectivity index (χ2n) is 5.84. The first-order chi connectivity index (χ1) is 11.2. The smallest absolute Gasteiger partial charge is 0.322 e. The predicted molar refractivity (Wildman–Crippen MR) is 92.9 cm³/mol. The Bertz CT molecular complexity index is 654. The summed E-state index contributed by atoms with van der Waals surface area (Å²) < 4.78 is 0. The number of amides is 2. The molecule has 2 N–H and O–H groups in total. The fourth-order valence-electron chi connectivity index (χ4n) is 2.86. The molecule has 1 fully saturated rings. The van der Waals surface area contributed by atoms with E-state index in [1.165, 1.54) is 10.5 Å². The van der Waals surface area contributed by atoms with E-state index in [-0.39, 0.29) is 6.03 Å². The molecule has 1 aliphatic rings. The maximum absolute atomic E-state index is 12.3. The van der Waals surface area contributed by atoms with Gasteiger partial charge in [-0.2, -0.15) is 0 Å². The quantitative estimate of drug-likeness (QED) is 0.890. The highest BCUT2D eigenvalue weighted by atomic mass is 35.5. The molecule has 0 aromatic heterocycles. The van der Waals surface area contributed by atoms with Crippen molar-refractivity contribution in [3.8, 4) is 0 Å². The van der Waals surface area contributed by atoms with Crippen LogP contribution in [0.1, 0.15) is 5.56 Å². The minimum absolute atomic E-state index is 0.0500. The molecule has 2 aromatic rings. The van der Waals surface area contributed by atoms with Crippen LogP contribution in [0, 0.1) is 0 Å². The van der Waals surface area contributed by atoms with Gasteiger partial charge in [-0.05, 0) is 18.2 Å². The highest BCUT2D eigenvalue weighted by molar-refractivity contribution is 6.30. The van der Waals surface area contributed by atoms with Gasteiger partial charge >= 0.3 is 6.03 Å². The van der Waals surface area contributed by atoms with Crippen LogP contribution >= 0.6 is 11.6 Å². The summed E-state index contributed by atoms with van der Waals surface area (Å²) in [5.74, 6) is 0. The maximum atomic E-state index is 12.3. The molecule has 120 valence electrons. The molecule has 0 aliphatic carbocycles. The number of anilines is 1. The van der Waals surface area contributed by atoms with Crippen LogP contribution in [0.25, 0.3) is 0 Å². The van der Waals surface area contributed by atoms with Gasteiger partial charge in [0.25, 0.3) is 0 Å². The van der Waals surface area contributed by atoms with E-state index in [0.29, 0.717) is 5.02 Å². The summed E-state index contributed by atoms with van der Waals surface area (Å²) >= 11 is 5.94. The number of nitrogens with zero attached hydrogens (tertiary/aromatic N) is 1. The summed E-state index contributed by atoms with van der Waals surface area (Å²) in [5, 5.41) is 3.54. The Kier molecular flexibility index (Phi) is 5.16. The first kappa shape index (κ1) is 15.8. The highest BCUT2D eigenvalue weighted by Gasteiger charge is 2.23. The number of halogens is 1. The fourth-order valence-corrected chi connectivity index (χ4v) is 3.05. The molecule has 0 bridgehead atoms. The Morgan fingerprint density at radius 1 is 1.09 bits per heavy atom. The van der Waals surface area contributed by atoms with Gasteiger partial charge in [0.2, 0.25) is 0 Å². The lowest BCUT2D eigenvalue weighted by molar-refractivity contribution is -0.917. The maximum Gasteiger partial charge on any atom is 0.322 e. The summed E-state index contributed by atoms with van der Waals surface area (Å²) in [6, 6.07) is 17.7. The predicted octanol–water partition coefficient (Wildman–Crippen LogP) is 2.27. The molecule has 1 saturated heterocycles. The first-order valence-corrected chi connectivity index (χ1v) is 8.27. The van der Waals surface area contributed by atoms with Crippen LogP contribution in [0.15, 0.2) is 54.6 Å². The molecule has 4 nitrogen and oxygen atoms in total. The largest absolute Gasteiger partial charge is 0.328 e. The second kappa shape index (κ2) is 7.49. The number of rotatable bonds is 3. The van der Waals surface area contributed by atoms with E-state index in [9.17, 15) is 4.79 Å². The van der Waals surface area contributed by atoms with Crippen molar-refractivity contribution in [3.05, 3.63) is 65.2 Å². The summed E-state index contributed by atoms with van der Waals surface area (Å²) in [7, 11) is 0. The van der Waals surface area contributed by atoms with Gasteiger partial charge in [-0.25, -0.2) is 4.79 Å². The first-order valence-electron chi connectivity index (χ1n) is 7.90. The van der Waals surface area contributed by atoms with E-state index in [1.807, 2.05) is 23.1 Å². The number of benzene rings is 2. The lowest BCUT2D eigenvalue weighted by Gasteiger charge is -2.32. The van der Waals surface area contributed by atoms with E-state index in [2.05, 4.69) is 29.6 Å². The van der Waals surface area contributed by atoms with Gasteiger partial charge in [0.05, 0.1) is 26.2 Å². The van der Waals surface area contributed by atoms with E-state index < -0.39 is 0 Å². The third kappa shape index (κ3) is 4.47. The molecule has 0 radical (unpaired) electrons. The van der Waals surface area contributed by atoms with Crippen molar-refractivity contribution in [1.29, 1.82) is 0 Å². The van der Waals surface area contributed by atoms with Crippen LogP contribution in [0.3, 0.4) is 0 Å². The molecular formula is C18H21ClN3O+. The number of hydrogen-bond acceptors (Lipinski definition) is 1. The van der Waals surface area contributed by atoms with Crippen molar-refractivity contribution < 1.29 is 9.69 Å². The van der Waals surface area contributed by atoms with Gasteiger partial charge in [-0.3, -0.25) is 0 Å². The molecule has 2 aromatic carbocycles. The highest BCUT2D eigenvalue weighted by Crippen LogP contribution is 2.15. The zero-order chi connectivity index (χ0) is 16.1. The molecule has 0 saturated carbocycles. The van der Waals surface area contributed by atoms with Crippen LogP contribution in [-0.2, 0) is 6.54 Å². The summed E-state index contributed by atoms with van der Waals surface area (Å²) in [4.78, 5) is 15.7. The van der Waals surface area contributed by atoms with Crippen molar-refractivity contribution in [3.63, 3.8) is 0 Å². The van der Waals surface area contributed by atoms with Gasteiger partial charge in [0.15, 0.2) is 0 Å². The lowest BCUT2D eigenvalue weighted by Crippen LogP contribution is -3.13. The molecule has 5 heteroatoms. The lowest BCUT2D eigenvalue weighted by atomic mass is 10.2. The number of piperazine rings is 1. The van der Waals surface area contributed by atoms with Crippen LogP contribution in [-0.4, -0.2) is 37.1 Å². The van der Waals surface area contributed by atoms with Crippen molar-refractivity contribution >= 4 is 23.3 Å². The van der Waals surface area contributed by atoms with Crippen LogP contribution in [0.5, 0.6) is 0 Å². The average molecular weight is 331 g/mol. The van der Waals surface area contributed by atoms with Gasteiger partial charge in [0, 0.05) is 16.3 Å². The zero-order valence-electron chi connectivity index (χ0n) is 13.0. The van der Waals surface area contributed by atoms with Gasteiger partial charge in [-0.1, -0.05) is 48.0 Å². The number of urea groups is 1. The molecule has 3 rings (SSSR count). The second-order valence-corrected chi connectivity index (χ2v) is 6.28. The van der Waals surface area contributed by atoms with Gasteiger partial charge < -0.3 is 15.1 Å². The standard InChI is InChI=1S/C18H20ClN3O/c19-16-7-4-8-17(13-16)20-18(23)22-11-9-21(10-12-22)14-15-5-2-1-3-6-15/h1-8,13H,9-12,14H2,(H,20,23)/p+1. The number of carbonyl (C=O) groups is 1. The molecule has 0 atom stereocenters. The topological polar surface area (TPSA) is 36.8 Å². The SMILES string of the molecule is O=C(Nc1cccc(Cl)c1)N1CC[NH+](Cc2ccccc2)CC1. The Balaban J connectivity index is 1.49. The zero-order valence-corrected chi connectivity index (χ0v) is 13.7. The third-order valence-electron chi connectivity index (χ3n) is 4.13. The van der Waals surface area contributed by atoms with Gasteiger partial charge in [0.1, 0.15) is 6.54 Å². The van der Waals surface area contributed by atoms with Crippen LogP contribution in [0.2, 0.25) is 5.02 Å². The molecule has 1 aliphatic heterocycles. The molecule has 0 unspecified atom stereocenters. The van der Waals surface area contributed by atoms with Crippen molar-refractivity contribution in [1.82, 2.24) is 4.90 Å². The van der Waals surface area contributed by atoms with E-state index in [0.717, 1.165) is 38.4 Å². The molecule has 0 spiro atoms. The number of hydrogen-bond donors (Lipinski definition) is 2. The van der Waals surface area contributed by atoms with Crippen molar-refractivity contribution in [2.75, 3.05) is 31.5 Å². The molecule has 23 heavy (non-hydrogen) atoms. The third-order valence-corrected chi connectivity index (χ3v) is 4.37. The molecule has 2 amide bonds. The minimum atomic E-state index is -0.0500. The molecular weight excluding hydrogens is 310 g/mol. The van der Waals surface area contributed by atoms with Crippen LogP contribution in [0.4, 0.5) is 10.5 Å². The number of carbonyl (C=O) groups excluding carboxylic acids is 1. The number of quaternary nitrogens is 1. The minimum Gasteiger partial charge on any atom is -0.328 e. The van der Waals surface area contributed by atoms with Crippen molar-refractivity contribution in [2.45, 2.75) is 6.54 Å². The Morgan fingerprint density at radius 3 is 2.52 bits per heavy atom. The fraction of sp³-hybridized carbons (Fsp3) is 0.278. The van der Waals surface area contributed by atoms with E-state index >= 15 is 0 Å². The molecule has 1 heterocycles. The Labute approximate surface area is 141 Å². The van der Waals surface area contributed by atoms with Gasteiger partial charge in [-0.15, -0.1) is 0 Å². The summed E-state index contributed by atoms with van der Waals surface area (Å²) in [5.41, 5.74) is 2.08. The Morgan fingerprint density at radius 2 is 1.83 bits per heavy atom. The average Bonchev–Trinajstić information content (AvgIpc) is 2.56. The monoisotopic (exact) mass is 330 g/mol.